The van der Waals surface area contributed by atoms with Crippen molar-refractivity contribution in [3.8, 4) is 0 Å². The minimum absolute atomic E-state index is 0.211. The summed E-state index contributed by atoms with van der Waals surface area (Å²) in [6.45, 7) is 4.45. The van der Waals surface area contributed by atoms with E-state index in [1.165, 1.54) is 62.7 Å². The van der Waals surface area contributed by atoms with Crippen molar-refractivity contribution in [3.05, 3.63) is 35.4 Å². The molecule has 0 atom stereocenters. The van der Waals surface area contributed by atoms with Gasteiger partial charge in [0.25, 0.3) is 0 Å². The molecule has 1 saturated heterocycles. The molecule has 1 heterocycles. The quantitative estimate of drug-likeness (QED) is 0.796. The van der Waals surface area contributed by atoms with E-state index in [4.69, 9.17) is 0 Å². The molecule has 1 aromatic carbocycles. The van der Waals surface area contributed by atoms with Crippen LogP contribution in [0.2, 0.25) is 0 Å². The van der Waals surface area contributed by atoms with E-state index in [1.807, 2.05) is 0 Å². The molecule has 0 spiro atoms. The molecule has 1 aliphatic heterocycles. The zero-order valence-electron chi connectivity index (χ0n) is 14.3. The van der Waals surface area contributed by atoms with E-state index < -0.39 is 0 Å². The van der Waals surface area contributed by atoms with Crippen molar-refractivity contribution in [2.75, 3.05) is 13.1 Å². The lowest BCUT2D eigenvalue weighted by Crippen LogP contribution is -3.08. The third kappa shape index (κ3) is 5.35. The third-order valence-corrected chi connectivity index (χ3v) is 5.53. The Morgan fingerprint density at radius 2 is 1.65 bits per heavy atom. The number of carbonyl (C=O) groups excluding carboxylic acids is 1. The van der Waals surface area contributed by atoms with Gasteiger partial charge < -0.3 is 10.2 Å². The number of nitrogens with one attached hydrogen (secondary N) is 2. The lowest BCUT2D eigenvalue weighted by molar-refractivity contribution is -0.901. The first kappa shape index (κ1) is 16.5. The molecule has 0 radical (unpaired) electrons. The van der Waals surface area contributed by atoms with Gasteiger partial charge in [-0.25, -0.2) is 0 Å². The lowest BCUT2D eigenvalue weighted by atomic mass is 10.0. The molecule has 2 fully saturated rings. The molecule has 2 N–H and O–H groups in total. The highest BCUT2D eigenvalue weighted by Gasteiger charge is 2.16. The zero-order chi connectivity index (χ0) is 15.9. The maximum atomic E-state index is 12.0. The summed E-state index contributed by atoms with van der Waals surface area (Å²) in [7, 11) is 0. The monoisotopic (exact) mass is 315 g/mol. The molecule has 3 heteroatoms. The fourth-order valence-corrected chi connectivity index (χ4v) is 4.04. The maximum Gasteiger partial charge on any atom is 0.220 e. The van der Waals surface area contributed by atoms with Gasteiger partial charge in [0.1, 0.15) is 6.54 Å². The van der Waals surface area contributed by atoms with Crippen LogP contribution >= 0.6 is 0 Å². The van der Waals surface area contributed by atoms with Crippen LogP contribution in [0.4, 0.5) is 0 Å². The Balaban J connectivity index is 1.36. The molecule has 126 valence electrons. The second-order valence-electron chi connectivity index (χ2n) is 7.42. The largest absolute Gasteiger partial charge is 0.352 e. The van der Waals surface area contributed by atoms with Gasteiger partial charge in [0.2, 0.25) is 5.91 Å². The Bertz CT molecular complexity index is 485. The number of quaternary nitrogens is 1. The Hall–Kier alpha value is -1.35. The van der Waals surface area contributed by atoms with Crippen LogP contribution in [-0.4, -0.2) is 19.0 Å². The lowest BCUT2D eigenvalue weighted by Gasteiger charge is -2.12. The first-order valence-electron chi connectivity index (χ1n) is 9.48. The second-order valence-corrected chi connectivity index (χ2v) is 7.42. The highest BCUT2D eigenvalue weighted by molar-refractivity contribution is 5.75. The number of carbonyl (C=O) groups is 1. The van der Waals surface area contributed by atoms with Crippen LogP contribution in [0.3, 0.4) is 0 Å². The summed E-state index contributed by atoms with van der Waals surface area (Å²) in [4.78, 5) is 13.7. The standard InChI is InChI=1S/C20H30N2O/c23-20(12-11-17-5-1-2-6-17)21-15-18-7-9-19(10-8-18)16-22-13-3-4-14-22/h7-10,17H,1-6,11-16H2,(H,21,23)/p+1. The Morgan fingerprint density at radius 1 is 1.00 bits per heavy atom. The zero-order valence-corrected chi connectivity index (χ0v) is 14.3. The molecule has 23 heavy (non-hydrogen) atoms. The van der Waals surface area contributed by atoms with Gasteiger partial charge in [0, 0.05) is 31.4 Å². The predicted octanol–water partition coefficient (Wildman–Crippen LogP) is 2.45. The van der Waals surface area contributed by atoms with E-state index in [-0.39, 0.29) is 5.91 Å². The first-order chi connectivity index (χ1) is 11.3. The molecule has 1 aromatic rings. The van der Waals surface area contributed by atoms with Gasteiger partial charge in [-0.2, -0.15) is 0 Å². The number of likely N-dealkylation sites (tertiary alicyclic amines) is 1. The van der Waals surface area contributed by atoms with Crippen molar-refractivity contribution in [1.29, 1.82) is 0 Å². The summed E-state index contributed by atoms with van der Waals surface area (Å²) < 4.78 is 0. The molecule has 3 rings (SSSR count). The molecule has 1 saturated carbocycles. The molecule has 1 aliphatic carbocycles. The number of hydrogen-bond donors (Lipinski definition) is 2. The summed E-state index contributed by atoms with van der Waals surface area (Å²) in [6.07, 6.45) is 9.89. The van der Waals surface area contributed by atoms with Gasteiger partial charge in [-0.1, -0.05) is 49.9 Å². The van der Waals surface area contributed by atoms with E-state index >= 15 is 0 Å². The fourth-order valence-electron chi connectivity index (χ4n) is 4.04. The fraction of sp³-hybridized carbons (Fsp3) is 0.650. The molecule has 0 bridgehead atoms. The highest BCUT2D eigenvalue weighted by atomic mass is 16.1. The van der Waals surface area contributed by atoms with Crippen LogP contribution in [0.1, 0.15) is 62.5 Å². The summed E-state index contributed by atoms with van der Waals surface area (Å²) in [5, 5.41) is 3.07. The highest BCUT2D eigenvalue weighted by Crippen LogP contribution is 2.28. The normalized spacial score (nSPS) is 19.3. The van der Waals surface area contributed by atoms with Gasteiger partial charge in [0.05, 0.1) is 13.1 Å². The third-order valence-electron chi connectivity index (χ3n) is 5.53. The van der Waals surface area contributed by atoms with Gasteiger partial charge in [-0.3, -0.25) is 4.79 Å². The Morgan fingerprint density at radius 3 is 2.35 bits per heavy atom. The molecule has 0 unspecified atom stereocenters. The van der Waals surface area contributed by atoms with E-state index in [0.717, 1.165) is 18.9 Å². The molecule has 2 aliphatic rings. The van der Waals surface area contributed by atoms with Crippen molar-refractivity contribution in [1.82, 2.24) is 5.32 Å². The molecule has 1 amide bonds. The SMILES string of the molecule is O=C(CCC1CCCC1)NCc1ccc(C[NH+]2CCCC2)cc1. The summed E-state index contributed by atoms with van der Waals surface area (Å²) in [5.74, 6) is 1.01. The van der Waals surface area contributed by atoms with Crippen LogP contribution in [0.25, 0.3) is 0 Å². The van der Waals surface area contributed by atoms with Crippen molar-refractivity contribution in [2.24, 2.45) is 5.92 Å². The average molecular weight is 315 g/mol. The summed E-state index contributed by atoms with van der Waals surface area (Å²) in [5.41, 5.74) is 2.62. The molecular weight excluding hydrogens is 284 g/mol. The number of hydrogen-bond acceptors (Lipinski definition) is 1. The van der Waals surface area contributed by atoms with Crippen LogP contribution in [0.5, 0.6) is 0 Å². The minimum Gasteiger partial charge on any atom is -0.352 e. The predicted molar refractivity (Wildman–Crippen MR) is 93.1 cm³/mol. The number of rotatable bonds is 7. The van der Waals surface area contributed by atoms with Gasteiger partial charge in [-0.15, -0.1) is 0 Å². The van der Waals surface area contributed by atoms with Crippen LogP contribution in [-0.2, 0) is 17.9 Å². The van der Waals surface area contributed by atoms with E-state index in [1.54, 1.807) is 4.90 Å². The van der Waals surface area contributed by atoms with Gasteiger partial charge in [0.15, 0.2) is 0 Å². The topological polar surface area (TPSA) is 33.5 Å². The van der Waals surface area contributed by atoms with Gasteiger partial charge >= 0.3 is 0 Å². The smallest absolute Gasteiger partial charge is 0.220 e. The van der Waals surface area contributed by atoms with E-state index in [9.17, 15) is 4.79 Å². The maximum absolute atomic E-state index is 12.0. The van der Waals surface area contributed by atoms with Crippen molar-refractivity contribution in [3.63, 3.8) is 0 Å². The van der Waals surface area contributed by atoms with Crippen LogP contribution in [0.15, 0.2) is 24.3 Å². The van der Waals surface area contributed by atoms with Crippen molar-refractivity contribution >= 4 is 5.91 Å². The average Bonchev–Trinajstić information content (AvgIpc) is 3.26. The molecule has 0 aromatic heterocycles. The van der Waals surface area contributed by atoms with Gasteiger partial charge in [-0.05, 0) is 17.9 Å². The van der Waals surface area contributed by atoms with E-state index in [2.05, 4.69) is 29.6 Å². The van der Waals surface area contributed by atoms with Crippen LogP contribution < -0.4 is 10.2 Å². The van der Waals surface area contributed by atoms with E-state index in [0.29, 0.717) is 13.0 Å². The van der Waals surface area contributed by atoms with Crippen molar-refractivity contribution < 1.29 is 9.69 Å². The Kier molecular flexibility index (Phi) is 6.09. The summed E-state index contributed by atoms with van der Waals surface area (Å²) in [6, 6.07) is 8.79. The Labute approximate surface area is 140 Å². The number of benzene rings is 1. The van der Waals surface area contributed by atoms with Crippen molar-refractivity contribution in [2.45, 2.75) is 64.5 Å². The second kappa shape index (κ2) is 8.49. The molecule has 3 nitrogen and oxygen atoms in total. The van der Waals surface area contributed by atoms with Crippen LogP contribution in [0, 0.1) is 5.92 Å². The molecular formula is C20H31N2O+. The first-order valence-corrected chi connectivity index (χ1v) is 9.48. The summed E-state index contributed by atoms with van der Waals surface area (Å²) >= 11 is 0. The minimum atomic E-state index is 0.211. The number of amides is 1.